The number of likely N-dealkylation sites (tertiary alicyclic amines) is 1. The smallest absolute Gasteiger partial charge is 0.201 e. The second-order valence-corrected chi connectivity index (χ2v) is 5.88. The lowest BCUT2D eigenvalue weighted by Gasteiger charge is -2.12. The van der Waals surface area contributed by atoms with Crippen LogP contribution < -0.4 is 5.73 Å². The molecule has 2 N–H and O–H groups in total. The molecule has 0 unspecified atom stereocenters. The molecular weight excluding hydrogens is 234 g/mol. The van der Waals surface area contributed by atoms with Crippen LogP contribution in [-0.4, -0.2) is 29.7 Å². The van der Waals surface area contributed by atoms with Gasteiger partial charge in [-0.15, -0.1) is 11.3 Å². The lowest BCUT2D eigenvalue weighted by atomic mass is 10.2. The van der Waals surface area contributed by atoms with Crippen molar-refractivity contribution >= 4 is 27.3 Å². The van der Waals surface area contributed by atoms with E-state index in [-0.39, 0.29) is 0 Å². The molecule has 2 aromatic heterocycles. The van der Waals surface area contributed by atoms with Crippen molar-refractivity contribution in [2.24, 2.45) is 0 Å². The van der Waals surface area contributed by atoms with E-state index in [0.29, 0.717) is 0 Å². The first-order valence-corrected chi connectivity index (χ1v) is 6.93. The predicted octanol–water partition coefficient (Wildman–Crippen LogP) is 2.42. The van der Waals surface area contributed by atoms with Gasteiger partial charge in [0.1, 0.15) is 5.69 Å². The highest BCUT2D eigenvalue weighted by Crippen LogP contribution is 2.35. The number of aryl methyl sites for hydroxylation is 1. The number of anilines is 1. The van der Waals surface area contributed by atoms with Crippen LogP contribution in [0, 0.1) is 6.92 Å². The van der Waals surface area contributed by atoms with Gasteiger partial charge in [0.15, 0.2) is 0 Å². The fraction of sp³-hybridized carbons (Fsp3) is 0.583. The van der Waals surface area contributed by atoms with E-state index in [1.165, 1.54) is 25.9 Å². The fourth-order valence-corrected chi connectivity index (χ4v) is 3.39. The van der Waals surface area contributed by atoms with Crippen molar-refractivity contribution in [3.63, 3.8) is 0 Å². The van der Waals surface area contributed by atoms with Crippen LogP contribution in [0.4, 0.5) is 5.69 Å². The first kappa shape index (κ1) is 11.0. The van der Waals surface area contributed by atoms with E-state index >= 15 is 0 Å². The van der Waals surface area contributed by atoms with Crippen molar-refractivity contribution in [2.45, 2.75) is 26.2 Å². The summed E-state index contributed by atoms with van der Waals surface area (Å²) in [5.74, 6) is 0. The van der Waals surface area contributed by atoms with Crippen molar-refractivity contribution in [3.05, 3.63) is 10.6 Å². The Hall–Kier alpha value is -1.07. The Labute approximate surface area is 104 Å². The summed E-state index contributed by atoms with van der Waals surface area (Å²) in [6.07, 6.45) is 3.63. The molecule has 0 saturated carbocycles. The molecule has 0 bridgehead atoms. The van der Waals surface area contributed by atoms with Crippen LogP contribution >= 0.6 is 11.3 Å². The molecule has 92 valence electrons. The largest absolute Gasteiger partial charge is 0.395 e. The molecule has 0 atom stereocenters. The summed E-state index contributed by atoms with van der Waals surface area (Å²) in [7, 11) is 0. The van der Waals surface area contributed by atoms with Gasteiger partial charge >= 0.3 is 0 Å². The second kappa shape index (κ2) is 4.31. The topological polar surface area (TPSA) is 55.3 Å². The minimum atomic E-state index is 0.755. The third-order valence-electron chi connectivity index (χ3n) is 3.46. The Kier molecular flexibility index (Phi) is 2.80. The number of hydrogen-bond donors (Lipinski definition) is 1. The van der Waals surface area contributed by atoms with Gasteiger partial charge in [0.2, 0.25) is 5.58 Å². The number of aromatic nitrogens is 1. The predicted molar refractivity (Wildman–Crippen MR) is 70.4 cm³/mol. The zero-order chi connectivity index (χ0) is 11.8. The molecule has 1 aliphatic heterocycles. The summed E-state index contributed by atoms with van der Waals surface area (Å²) in [5, 5.41) is 4.15. The number of nitrogens with two attached hydrogens (primary N) is 1. The summed E-state index contributed by atoms with van der Waals surface area (Å²) in [4.78, 5) is 3.62. The Balaban J connectivity index is 1.78. The van der Waals surface area contributed by atoms with Crippen molar-refractivity contribution in [1.82, 2.24) is 10.1 Å². The van der Waals surface area contributed by atoms with E-state index in [0.717, 1.165) is 39.5 Å². The van der Waals surface area contributed by atoms with Gasteiger partial charge in [-0.1, -0.05) is 5.16 Å². The SMILES string of the molecule is Cc1sc2c(CCN3CCCC3)noc2c1N. The van der Waals surface area contributed by atoms with Crippen molar-refractivity contribution in [2.75, 3.05) is 25.4 Å². The van der Waals surface area contributed by atoms with E-state index in [1.807, 2.05) is 6.92 Å². The monoisotopic (exact) mass is 251 g/mol. The quantitative estimate of drug-likeness (QED) is 0.910. The van der Waals surface area contributed by atoms with Crippen molar-refractivity contribution in [1.29, 1.82) is 0 Å². The summed E-state index contributed by atoms with van der Waals surface area (Å²) in [5.41, 5.74) is 8.54. The summed E-state index contributed by atoms with van der Waals surface area (Å²) in [6, 6.07) is 0. The zero-order valence-electron chi connectivity index (χ0n) is 10.0. The number of nitrogens with zero attached hydrogens (tertiary/aromatic N) is 2. The average molecular weight is 251 g/mol. The Morgan fingerprint density at radius 1 is 1.41 bits per heavy atom. The zero-order valence-corrected chi connectivity index (χ0v) is 10.8. The molecule has 1 fully saturated rings. The Morgan fingerprint density at radius 2 is 2.18 bits per heavy atom. The molecule has 0 radical (unpaired) electrons. The highest BCUT2D eigenvalue weighted by molar-refractivity contribution is 7.19. The van der Waals surface area contributed by atoms with Crippen LogP contribution in [0.25, 0.3) is 10.3 Å². The Bertz CT molecular complexity index is 525. The summed E-state index contributed by atoms with van der Waals surface area (Å²) >= 11 is 1.69. The van der Waals surface area contributed by atoms with Gasteiger partial charge in [0.25, 0.3) is 0 Å². The maximum absolute atomic E-state index is 5.94. The lowest BCUT2D eigenvalue weighted by Crippen LogP contribution is -2.22. The van der Waals surface area contributed by atoms with E-state index in [9.17, 15) is 0 Å². The molecule has 0 spiro atoms. The molecule has 3 heterocycles. The minimum Gasteiger partial charge on any atom is -0.395 e. The van der Waals surface area contributed by atoms with Gasteiger partial charge in [0, 0.05) is 17.8 Å². The van der Waals surface area contributed by atoms with Crippen LogP contribution in [0.2, 0.25) is 0 Å². The molecule has 0 aliphatic carbocycles. The second-order valence-electron chi connectivity index (χ2n) is 4.66. The van der Waals surface area contributed by atoms with Crippen molar-refractivity contribution in [3.8, 4) is 0 Å². The fourth-order valence-electron chi connectivity index (χ4n) is 2.39. The first-order chi connectivity index (χ1) is 8.25. The van der Waals surface area contributed by atoms with E-state index < -0.39 is 0 Å². The van der Waals surface area contributed by atoms with E-state index in [2.05, 4.69) is 10.1 Å². The summed E-state index contributed by atoms with van der Waals surface area (Å²) in [6.45, 7) is 5.57. The summed E-state index contributed by atoms with van der Waals surface area (Å²) < 4.78 is 6.47. The molecule has 1 saturated heterocycles. The number of fused-ring (bicyclic) bond motifs is 1. The highest BCUT2D eigenvalue weighted by atomic mass is 32.1. The Morgan fingerprint density at radius 3 is 2.94 bits per heavy atom. The van der Waals surface area contributed by atoms with Crippen LogP contribution in [0.3, 0.4) is 0 Å². The molecule has 0 aromatic carbocycles. The molecule has 1 aliphatic rings. The van der Waals surface area contributed by atoms with E-state index in [1.54, 1.807) is 11.3 Å². The third-order valence-corrected chi connectivity index (χ3v) is 4.61. The molecule has 4 nitrogen and oxygen atoms in total. The highest BCUT2D eigenvalue weighted by Gasteiger charge is 2.17. The van der Waals surface area contributed by atoms with E-state index in [4.69, 9.17) is 10.3 Å². The third kappa shape index (κ3) is 1.93. The lowest BCUT2D eigenvalue weighted by molar-refractivity contribution is 0.338. The normalized spacial score (nSPS) is 17.2. The van der Waals surface area contributed by atoms with Gasteiger partial charge in [-0.3, -0.25) is 0 Å². The molecule has 5 heteroatoms. The molecule has 17 heavy (non-hydrogen) atoms. The molecular formula is C12H17N3OS. The number of hydrogen-bond acceptors (Lipinski definition) is 5. The van der Waals surface area contributed by atoms with Gasteiger partial charge in [-0.2, -0.15) is 0 Å². The minimum absolute atomic E-state index is 0.755. The van der Waals surface area contributed by atoms with Crippen LogP contribution in [0.15, 0.2) is 4.52 Å². The van der Waals surface area contributed by atoms with Crippen LogP contribution in [0.5, 0.6) is 0 Å². The number of thiophene rings is 1. The molecule has 3 rings (SSSR count). The maximum Gasteiger partial charge on any atom is 0.201 e. The first-order valence-electron chi connectivity index (χ1n) is 6.11. The van der Waals surface area contributed by atoms with Gasteiger partial charge in [-0.25, -0.2) is 0 Å². The average Bonchev–Trinajstić information content (AvgIpc) is 2.99. The van der Waals surface area contributed by atoms with Crippen LogP contribution in [0.1, 0.15) is 23.4 Å². The standard InChI is InChI=1S/C12H17N3OS/c1-8-10(13)11-12(17-8)9(14-16-11)4-7-15-5-2-3-6-15/h2-7,13H2,1H3. The van der Waals surface area contributed by atoms with Gasteiger partial charge in [0.05, 0.1) is 10.4 Å². The molecule has 2 aromatic rings. The van der Waals surface area contributed by atoms with Crippen molar-refractivity contribution < 1.29 is 4.52 Å². The van der Waals surface area contributed by atoms with Gasteiger partial charge in [-0.05, 0) is 32.9 Å². The number of rotatable bonds is 3. The van der Waals surface area contributed by atoms with Crippen LogP contribution in [-0.2, 0) is 6.42 Å². The van der Waals surface area contributed by atoms with Gasteiger partial charge < -0.3 is 15.2 Å². The number of nitrogen functional groups attached to an aromatic ring is 1. The maximum atomic E-state index is 5.94. The molecule has 0 amide bonds.